The van der Waals surface area contributed by atoms with E-state index < -0.39 is 29.1 Å². The first-order chi connectivity index (χ1) is 15.4. The molecular weight excluding hydrogens is 455 g/mol. The first kappa shape index (κ1) is 21.6. The molecule has 1 heterocycles. The molecule has 0 amide bonds. The number of aromatic nitrogens is 1. The summed E-state index contributed by atoms with van der Waals surface area (Å²) in [5.41, 5.74) is 0.659. The number of carbonyl (C=O) groups excluding carboxylic acids is 2. The summed E-state index contributed by atoms with van der Waals surface area (Å²) in [5, 5.41) is 11.6. The fourth-order valence-electron chi connectivity index (χ4n) is 2.80. The number of Topliss-reactive ketones (excluding diaryl/α,β-unsaturated/α-hetero) is 1. The lowest BCUT2D eigenvalue weighted by molar-refractivity contribution is -0.387. The van der Waals surface area contributed by atoms with Crippen LogP contribution in [0.4, 0.5) is 10.1 Å². The number of nitro groups is 1. The Bertz CT molecular complexity index is 1300. The number of para-hydroxylation sites is 1. The summed E-state index contributed by atoms with van der Waals surface area (Å²) >= 11 is 2.54. The van der Waals surface area contributed by atoms with Gasteiger partial charge < -0.3 is 4.74 Å². The molecule has 0 aliphatic carbocycles. The van der Waals surface area contributed by atoms with E-state index in [1.54, 1.807) is 0 Å². The van der Waals surface area contributed by atoms with Gasteiger partial charge in [0.2, 0.25) is 0 Å². The van der Waals surface area contributed by atoms with Crippen LogP contribution in [0.2, 0.25) is 0 Å². The quantitative estimate of drug-likeness (QED) is 0.152. The molecule has 0 spiro atoms. The second-order valence-electron chi connectivity index (χ2n) is 6.50. The van der Waals surface area contributed by atoms with Crippen LogP contribution in [0.15, 0.2) is 76.0 Å². The molecule has 1 aromatic heterocycles. The third-order valence-electron chi connectivity index (χ3n) is 4.36. The standard InChI is InChI=1S/C22H13FN2O5S2/c23-15-8-5-13(6-9-15)18(26)12-30-21(27)14-7-10-20(17(11-14)25(28)29)32-22-24-16-3-1-2-4-19(16)31-22/h1-11H,12H2. The number of halogens is 1. The average Bonchev–Trinajstić information content (AvgIpc) is 3.20. The van der Waals surface area contributed by atoms with Crippen molar-refractivity contribution in [1.82, 2.24) is 4.98 Å². The average molecular weight is 468 g/mol. The van der Waals surface area contributed by atoms with Crippen molar-refractivity contribution in [3.63, 3.8) is 0 Å². The van der Waals surface area contributed by atoms with Gasteiger partial charge in [0.25, 0.3) is 5.69 Å². The molecule has 32 heavy (non-hydrogen) atoms. The fourth-order valence-corrected chi connectivity index (χ4v) is 4.90. The van der Waals surface area contributed by atoms with Crippen molar-refractivity contribution in [1.29, 1.82) is 0 Å². The number of fused-ring (bicyclic) bond motifs is 1. The van der Waals surface area contributed by atoms with Gasteiger partial charge in [0.15, 0.2) is 16.7 Å². The second kappa shape index (κ2) is 9.25. The Morgan fingerprint density at radius 1 is 1.06 bits per heavy atom. The topological polar surface area (TPSA) is 99.4 Å². The number of hydrogen-bond donors (Lipinski definition) is 0. The summed E-state index contributed by atoms with van der Waals surface area (Å²) in [6.07, 6.45) is 0. The van der Waals surface area contributed by atoms with Crippen LogP contribution in [0.5, 0.6) is 0 Å². The molecule has 0 radical (unpaired) electrons. The number of hydrogen-bond acceptors (Lipinski definition) is 8. The summed E-state index contributed by atoms with van der Waals surface area (Å²) in [6.45, 7) is -0.569. The summed E-state index contributed by atoms with van der Waals surface area (Å²) in [7, 11) is 0. The maximum Gasteiger partial charge on any atom is 0.338 e. The van der Waals surface area contributed by atoms with Crippen LogP contribution in [0.1, 0.15) is 20.7 Å². The zero-order valence-electron chi connectivity index (χ0n) is 16.2. The summed E-state index contributed by atoms with van der Waals surface area (Å²) in [4.78, 5) is 40.2. The molecular formula is C22H13FN2O5S2. The zero-order valence-corrected chi connectivity index (χ0v) is 17.8. The van der Waals surface area contributed by atoms with E-state index >= 15 is 0 Å². The van der Waals surface area contributed by atoms with Crippen molar-refractivity contribution in [3.8, 4) is 0 Å². The van der Waals surface area contributed by atoms with Gasteiger partial charge in [-0.2, -0.15) is 0 Å². The molecule has 10 heteroatoms. The maximum atomic E-state index is 13.0. The summed E-state index contributed by atoms with van der Waals surface area (Å²) < 4.78 is 19.5. The monoisotopic (exact) mass is 468 g/mol. The number of benzene rings is 3. The number of thiazole rings is 1. The van der Waals surface area contributed by atoms with Gasteiger partial charge in [-0.15, -0.1) is 11.3 Å². The molecule has 0 aliphatic rings. The van der Waals surface area contributed by atoms with Gasteiger partial charge in [0.1, 0.15) is 5.82 Å². The van der Waals surface area contributed by atoms with E-state index in [0.29, 0.717) is 9.24 Å². The minimum Gasteiger partial charge on any atom is -0.454 e. The van der Waals surface area contributed by atoms with E-state index in [0.717, 1.165) is 40.2 Å². The van der Waals surface area contributed by atoms with E-state index in [1.807, 2.05) is 24.3 Å². The molecule has 3 aromatic carbocycles. The highest BCUT2D eigenvalue weighted by Crippen LogP contribution is 2.39. The lowest BCUT2D eigenvalue weighted by Gasteiger charge is -2.06. The predicted octanol–water partition coefficient (Wildman–Crippen LogP) is 5.53. The molecule has 0 atom stereocenters. The van der Waals surface area contributed by atoms with Crippen molar-refractivity contribution in [3.05, 3.63) is 93.8 Å². The minimum absolute atomic E-state index is 0.0581. The van der Waals surface area contributed by atoms with E-state index in [4.69, 9.17) is 4.74 Å². The third kappa shape index (κ3) is 4.82. The molecule has 7 nitrogen and oxygen atoms in total. The molecule has 160 valence electrons. The number of nitro benzene ring substituents is 1. The van der Waals surface area contributed by atoms with Gasteiger partial charge in [0.05, 0.1) is 25.6 Å². The van der Waals surface area contributed by atoms with Crippen LogP contribution in [-0.4, -0.2) is 28.3 Å². The fraction of sp³-hybridized carbons (Fsp3) is 0.0455. The van der Waals surface area contributed by atoms with Gasteiger partial charge in [0, 0.05) is 11.6 Å². The Kier molecular flexibility index (Phi) is 6.24. The third-order valence-corrected chi connectivity index (χ3v) is 6.53. The van der Waals surface area contributed by atoms with Crippen LogP contribution in [0, 0.1) is 15.9 Å². The lowest BCUT2D eigenvalue weighted by Crippen LogP contribution is -2.14. The normalized spacial score (nSPS) is 10.8. The highest BCUT2D eigenvalue weighted by molar-refractivity contribution is 8.01. The minimum atomic E-state index is -0.875. The number of esters is 1. The first-order valence-electron chi connectivity index (χ1n) is 9.18. The predicted molar refractivity (Wildman–Crippen MR) is 118 cm³/mol. The van der Waals surface area contributed by atoms with Crippen LogP contribution >= 0.6 is 23.1 Å². The molecule has 0 saturated carbocycles. The van der Waals surface area contributed by atoms with E-state index in [9.17, 15) is 24.1 Å². The molecule has 0 aliphatic heterocycles. The molecule has 4 rings (SSSR count). The van der Waals surface area contributed by atoms with Gasteiger partial charge in [-0.1, -0.05) is 23.9 Å². The molecule has 0 N–H and O–H groups in total. The molecule has 0 unspecified atom stereocenters. The molecule has 0 fully saturated rings. The largest absolute Gasteiger partial charge is 0.454 e. The first-order valence-corrected chi connectivity index (χ1v) is 10.8. The van der Waals surface area contributed by atoms with Crippen molar-refractivity contribution in [2.24, 2.45) is 0 Å². The van der Waals surface area contributed by atoms with Crippen molar-refractivity contribution in [2.45, 2.75) is 9.24 Å². The van der Waals surface area contributed by atoms with Crippen LogP contribution in [0.25, 0.3) is 10.2 Å². The smallest absolute Gasteiger partial charge is 0.338 e. The van der Waals surface area contributed by atoms with Gasteiger partial charge in [-0.25, -0.2) is 14.2 Å². The van der Waals surface area contributed by atoms with Gasteiger partial charge >= 0.3 is 5.97 Å². The summed E-state index contributed by atoms with van der Waals surface area (Å²) in [6, 6.07) is 16.3. The maximum absolute atomic E-state index is 13.0. The van der Waals surface area contributed by atoms with Crippen molar-refractivity contribution < 1.29 is 23.6 Å². The van der Waals surface area contributed by atoms with E-state index in [1.165, 1.54) is 35.6 Å². The van der Waals surface area contributed by atoms with Crippen molar-refractivity contribution >= 4 is 50.8 Å². The van der Waals surface area contributed by atoms with Crippen LogP contribution in [0.3, 0.4) is 0 Å². The number of nitrogens with zero attached hydrogens (tertiary/aromatic N) is 2. The van der Waals surface area contributed by atoms with Crippen molar-refractivity contribution in [2.75, 3.05) is 6.61 Å². The number of rotatable bonds is 7. The number of carbonyl (C=O) groups is 2. The molecule has 4 aromatic rings. The van der Waals surface area contributed by atoms with E-state index in [2.05, 4.69) is 4.98 Å². The van der Waals surface area contributed by atoms with E-state index in [-0.39, 0.29) is 16.8 Å². The Morgan fingerprint density at radius 2 is 1.78 bits per heavy atom. The Hall–Kier alpha value is -3.63. The number of ketones is 1. The highest BCUT2D eigenvalue weighted by atomic mass is 32.2. The van der Waals surface area contributed by atoms with Gasteiger partial charge in [-0.3, -0.25) is 14.9 Å². The SMILES string of the molecule is O=C(COC(=O)c1ccc(Sc2nc3ccccc3s2)c([N+](=O)[O-])c1)c1ccc(F)cc1. The Labute approximate surface area is 189 Å². The van der Waals surface area contributed by atoms with Gasteiger partial charge in [-0.05, 0) is 48.5 Å². The molecule has 0 bridgehead atoms. The highest BCUT2D eigenvalue weighted by Gasteiger charge is 2.21. The van der Waals surface area contributed by atoms with Crippen LogP contribution in [-0.2, 0) is 4.74 Å². The van der Waals surface area contributed by atoms with Crippen LogP contribution < -0.4 is 0 Å². The Morgan fingerprint density at radius 3 is 2.50 bits per heavy atom. The lowest BCUT2D eigenvalue weighted by atomic mass is 10.1. The number of ether oxygens (including phenoxy) is 1. The second-order valence-corrected chi connectivity index (χ2v) is 8.82. The Balaban J connectivity index is 1.49. The molecule has 0 saturated heterocycles. The summed E-state index contributed by atoms with van der Waals surface area (Å²) in [5.74, 6) is -1.88. The zero-order chi connectivity index (χ0) is 22.7.